The maximum atomic E-state index is 11.4. The van der Waals surface area contributed by atoms with E-state index in [4.69, 9.17) is 5.84 Å². The van der Waals surface area contributed by atoms with Crippen LogP contribution in [0.4, 0.5) is 0 Å². The Morgan fingerprint density at radius 3 is 2.45 bits per heavy atom. The first kappa shape index (κ1) is 15.7. The largest absolute Gasteiger partial charge is 0.271 e. The van der Waals surface area contributed by atoms with Crippen molar-refractivity contribution in [1.29, 1.82) is 0 Å². The van der Waals surface area contributed by atoms with Crippen LogP contribution < -0.4 is 11.3 Å². The minimum absolute atomic E-state index is 0.0471. The van der Waals surface area contributed by atoms with Crippen LogP contribution in [0, 0.1) is 0 Å². The van der Waals surface area contributed by atoms with Gasteiger partial charge in [-0.05, 0) is 39.7 Å². The van der Waals surface area contributed by atoms with E-state index in [0.717, 1.165) is 16.5 Å². The number of hydrogen-bond donors (Lipinski definition) is 2. The van der Waals surface area contributed by atoms with Crippen molar-refractivity contribution in [3.8, 4) is 0 Å². The summed E-state index contributed by atoms with van der Waals surface area (Å²) < 4.78 is 23.9. The van der Waals surface area contributed by atoms with Crippen molar-refractivity contribution in [2.75, 3.05) is 6.26 Å². The number of nitrogens with two attached hydrogens (primary N) is 1. The van der Waals surface area contributed by atoms with Gasteiger partial charge in [0.2, 0.25) is 0 Å². The number of hydrogen-bond acceptors (Lipinski definition) is 5. The highest BCUT2D eigenvalue weighted by molar-refractivity contribution is 9.10. The molecule has 0 spiro atoms. The topological polar surface area (TPSA) is 72.2 Å². The zero-order valence-corrected chi connectivity index (χ0v) is 14.1. The Bertz CT molecular complexity index is 681. The normalized spacial score (nSPS) is 13.3. The van der Waals surface area contributed by atoms with Crippen molar-refractivity contribution in [3.05, 3.63) is 50.6 Å². The minimum Gasteiger partial charge on any atom is -0.271 e. The summed E-state index contributed by atoms with van der Waals surface area (Å²) in [5.74, 6) is 5.61. The molecule has 0 saturated heterocycles. The van der Waals surface area contributed by atoms with Gasteiger partial charge in [-0.25, -0.2) is 8.42 Å². The summed E-state index contributed by atoms with van der Waals surface area (Å²) in [5.41, 5.74) is 3.74. The summed E-state index contributed by atoms with van der Waals surface area (Å²) in [6, 6.07) is 8.82. The maximum Gasteiger partial charge on any atom is 0.175 e. The number of benzene rings is 1. The molecule has 20 heavy (non-hydrogen) atoms. The van der Waals surface area contributed by atoms with Crippen molar-refractivity contribution in [3.63, 3.8) is 0 Å². The lowest BCUT2D eigenvalue weighted by atomic mass is 10.0. The van der Waals surface area contributed by atoms with Gasteiger partial charge in [-0.3, -0.25) is 11.3 Å². The quantitative estimate of drug-likeness (QED) is 0.623. The van der Waals surface area contributed by atoms with Crippen LogP contribution in [0.1, 0.15) is 16.5 Å². The lowest BCUT2D eigenvalue weighted by molar-refractivity contribution is 0.555. The number of rotatable bonds is 5. The van der Waals surface area contributed by atoms with E-state index in [0.29, 0.717) is 4.90 Å². The predicted octanol–water partition coefficient (Wildman–Crippen LogP) is 2.66. The van der Waals surface area contributed by atoms with Crippen molar-refractivity contribution in [2.24, 2.45) is 5.84 Å². The fourth-order valence-corrected chi connectivity index (χ4v) is 4.01. The second kappa shape index (κ2) is 6.36. The first-order valence-electron chi connectivity index (χ1n) is 5.89. The Hall–Kier alpha value is -0.730. The van der Waals surface area contributed by atoms with Crippen molar-refractivity contribution < 1.29 is 8.42 Å². The molecule has 0 amide bonds. The number of halogens is 1. The SMILES string of the molecule is CS(=O)(=O)c1ccc(C(Cc2cc(Br)cs2)NN)cc1. The Morgan fingerprint density at radius 2 is 2.00 bits per heavy atom. The smallest absolute Gasteiger partial charge is 0.175 e. The molecule has 1 unspecified atom stereocenters. The van der Waals surface area contributed by atoms with E-state index in [1.807, 2.05) is 5.38 Å². The van der Waals surface area contributed by atoms with Gasteiger partial charge in [0.25, 0.3) is 0 Å². The van der Waals surface area contributed by atoms with E-state index in [1.54, 1.807) is 35.6 Å². The summed E-state index contributed by atoms with van der Waals surface area (Å²) in [6.07, 6.45) is 1.95. The summed E-state index contributed by atoms with van der Waals surface area (Å²) in [4.78, 5) is 1.52. The molecule has 0 bridgehead atoms. The Labute approximate surface area is 131 Å². The van der Waals surface area contributed by atoms with Crippen LogP contribution in [0.5, 0.6) is 0 Å². The number of sulfone groups is 1. The van der Waals surface area contributed by atoms with Crippen LogP contribution in [0.2, 0.25) is 0 Å². The van der Waals surface area contributed by atoms with Crippen molar-refractivity contribution in [1.82, 2.24) is 5.43 Å². The molecule has 0 radical (unpaired) electrons. The molecule has 0 saturated carbocycles. The second-order valence-corrected chi connectivity index (χ2v) is 8.42. The molecule has 4 nitrogen and oxygen atoms in total. The standard InChI is InChI=1S/C13H15BrN2O2S2/c1-20(17,18)12-4-2-9(3-5-12)13(16-15)7-11-6-10(14)8-19-11/h2-6,8,13,16H,7,15H2,1H3. The third-order valence-electron chi connectivity index (χ3n) is 2.94. The van der Waals surface area contributed by atoms with Gasteiger partial charge in [0, 0.05) is 27.4 Å². The molecule has 1 aromatic heterocycles. The fourth-order valence-electron chi connectivity index (χ4n) is 1.88. The fraction of sp³-hybridized carbons (Fsp3) is 0.231. The van der Waals surface area contributed by atoms with Crippen molar-refractivity contribution in [2.45, 2.75) is 17.4 Å². The highest BCUT2D eigenvalue weighted by Crippen LogP contribution is 2.25. The lowest BCUT2D eigenvalue weighted by Gasteiger charge is -2.15. The van der Waals surface area contributed by atoms with Gasteiger partial charge < -0.3 is 0 Å². The monoisotopic (exact) mass is 374 g/mol. The van der Waals surface area contributed by atoms with E-state index in [9.17, 15) is 8.42 Å². The molecule has 1 aromatic carbocycles. The zero-order valence-electron chi connectivity index (χ0n) is 10.8. The average Bonchev–Trinajstić information content (AvgIpc) is 2.81. The van der Waals surface area contributed by atoms with E-state index >= 15 is 0 Å². The van der Waals surface area contributed by atoms with Crippen LogP contribution in [0.3, 0.4) is 0 Å². The number of thiophene rings is 1. The zero-order chi connectivity index (χ0) is 14.8. The molecule has 108 valence electrons. The summed E-state index contributed by atoms with van der Waals surface area (Å²) >= 11 is 5.08. The third kappa shape index (κ3) is 3.89. The summed E-state index contributed by atoms with van der Waals surface area (Å²) in [6.45, 7) is 0. The Morgan fingerprint density at radius 1 is 1.35 bits per heavy atom. The number of hydrazine groups is 1. The van der Waals surface area contributed by atoms with E-state index in [2.05, 4.69) is 27.4 Å². The molecular formula is C13H15BrN2O2S2. The van der Waals surface area contributed by atoms with E-state index in [-0.39, 0.29) is 6.04 Å². The van der Waals surface area contributed by atoms with Gasteiger partial charge in [-0.1, -0.05) is 12.1 Å². The third-order valence-corrected chi connectivity index (χ3v) is 5.79. The van der Waals surface area contributed by atoms with Crippen LogP contribution in [-0.4, -0.2) is 14.7 Å². The van der Waals surface area contributed by atoms with Crippen LogP contribution in [-0.2, 0) is 16.3 Å². The molecule has 2 rings (SSSR count). The van der Waals surface area contributed by atoms with Crippen LogP contribution in [0.25, 0.3) is 0 Å². The highest BCUT2D eigenvalue weighted by atomic mass is 79.9. The molecule has 2 aromatic rings. The van der Waals surface area contributed by atoms with Gasteiger partial charge in [-0.15, -0.1) is 11.3 Å². The van der Waals surface area contributed by atoms with E-state index in [1.165, 1.54) is 11.1 Å². The predicted molar refractivity (Wildman–Crippen MR) is 85.3 cm³/mol. The highest BCUT2D eigenvalue weighted by Gasteiger charge is 2.13. The van der Waals surface area contributed by atoms with Gasteiger partial charge in [0.05, 0.1) is 10.9 Å². The summed E-state index contributed by atoms with van der Waals surface area (Å²) in [7, 11) is -3.16. The first-order chi connectivity index (χ1) is 9.40. The van der Waals surface area contributed by atoms with E-state index < -0.39 is 9.84 Å². The second-order valence-electron chi connectivity index (χ2n) is 4.50. The molecule has 0 aliphatic rings. The maximum absolute atomic E-state index is 11.4. The van der Waals surface area contributed by atoms with Gasteiger partial charge in [0.15, 0.2) is 9.84 Å². The van der Waals surface area contributed by atoms with Crippen LogP contribution in [0.15, 0.2) is 45.1 Å². The van der Waals surface area contributed by atoms with Crippen LogP contribution >= 0.6 is 27.3 Å². The molecule has 0 aliphatic heterocycles. The Kier molecular flexibility index (Phi) is 4.98. The van der Waals surface area contributed by atoms with Gasteiger partial charge in [0.1, 0.15) is 0 Å². The molecule has 0 aliphatic carbocycles. The lowest BCUT2D eigenvalue weighted by Crippen LogP contribution is -2.29. The molecule has 1 atom stereocenters. The molecule has 1 heterocycles. The minimum atomic E-state index is -3.16. The van der Waals surface area contributed by atoms with Gasteiger partial charge in [-0.2, -0.15) is 0 Å². The van der Waals surface area contributed by atoms with Gasteiger partial charge >= 0.3 is 0 Å². The first-order valence-corrected chi connectivity index (χ1v) is 9.45. The van der Waals surface area contributed by atoms with Crippen molar-refractivity contribution >= 4 is 37.1 Å². The Balaban J connectivity index is 2.19. The average molecular weight is 375 g/mol. The molecule has 0 fully saturated rings. The summed E-state index contributed by atoms with van der Waals surface area (Å²) in [5, 5.41) is 2.02. The number of nitrogens with one attached hydrogen (secondary N) is 1. The molecule has 7 heteroatoms. The molecular weight excluding hydrogens is 360 g/mol. The molecule has 3 N–H and O–H groups in total.